The molecule has 1 aromatic rings. The first kappa shape index (κ1) is 9.49. The van der Waals surface area contributed by atoms with E-state index in [-0.39, 0.29) is 5.54 Å². The molecule has 0 atom stereocenters. The van der Waals surface area contributed by atoms with Crippen molar-refractivity contribution in [2.45, 2.75) is 19.4 Å². The van der Waals surface area contributed by atoms with Gasteiger partial charge in [-0.3, -0.25) is 4.98 Å². The fourth-order valence-electron chi connectivity index (χ4n) is 1.02. The molecule has 0 spiro atoms. The summed E-state index contributed by atoms with van der Waals surface area (Å²) >= 11 is 5.99. The molecular weight excluding hydrogens is 172 g/mol. The molecule has 0 saturated heterocycles. The number of rotatable bonds is 2. The zero-order valence-electron chi connectivity index (χ0n) is 7.56. The van der Waals surface area contributed by atoms with Crippen LogP contribution in [0.25, 0.3) is 0 Å². The Morgan fingerprint density at radius 3 is 2.67 bits per heavy atom. The van der Waals surface area contributed by atoms with Crippen LogP contribution in [0.15, 0.2) is 18.5 Å². The van der Waals surface area contributed by atoms with Crippen molar-refractivity contribution < 1.29 is 0 Å². The average Bonchev–Trinajstić information content (AvgIpc) is 2.05. The van der Waals surface area contributed by atoms with E-state index in [1.165, 1.54) is 0 Å². The topological polar surface area (TPSA) is 24.9 Å². The van der Waals surface area contributed by atoms with Crippen molar-refractivity contribution >= 4 is 11.6 Å². The number of halogens is 1. The monoisotopic (exact) mass is 184 g/mol. The smallest absolute Gasteiger partial charge is 0.0639 e. The molecule has 0 aliphatic carbocycles. The van der Waals surface area contributed by atoms with Gasteiger partial charge in [-0.15, -0.1) is 0 Å². The van der Waals surface area contributed by atoms with Gasteiger partial charge < -0.3 is 5.32 Å². The molecule has 0 saturated carbocycles. The normalized spacial score (nSPS) is 11.7. The maximum Gasteiger partial charge on any atom is 0.0639 e. The van der Waals surface area contributed by atoms with Crippen LogP contribution in [0.5, 0.6) is 0 Å². The van der Waals surface area contributed by atoms with Crippen molar-refractivity contribution in [1.82, 2.24) is 10.3 Å². The Morgan fingerprint density at radius 1 is 1.50 bits per heavy atom. The standard InChI is InChI=1S/C9H13ClN2/c1-9(2,11-3)7-4-5-12-6-8(7)10/h4-6,11H,1-3H3. The third kappa shape index (κ3) is 1.76. The Kier molecular flexibility index (Phi) is 2.70. The van der Waals surface area contributed by atoms with Gasteiger partial charge in [0.1, 0.15) is 0 Å². The van der Waals surface area contributed by atoms with Gasteiger partial charge in [0.05, 0.1) is 5.02 Å². The molecule has 0 aliphatic heterocycles. The molecule has 0 bridgehead atoms. The number of aromatic nitrogens is 1. The predicted octanol–water partition coefficient (Wildman–Crippen LogP) is 2.19. The van der Waals surface area contributed by atoms with Crippen LogP contribution in [0.1, 0.15) is 19.4 Å². The summed E-state index contributed by atoms with van der Waals surface area (Å²) in [5, 5.41) is 3.89. The van der Waals surface area contributed by atoms with Crippen molar-refractivity contribution in [3.05, 3.63) is 29.0 Å². The van der Waals surface area contributed by atoms with Crippen molar-refractivity contribution in [2.24, 2.45) is 0 Å². The molecule has 1 rings (SSSR count). The summed E-state index contributed by atoms with van der Waals surface area (Å²) in [5.41, 5.74) is 0.974. The minimum absolute atomic E-state index is 0.0972. The van der Waals surface area contributed by atoms with Crippen LogP contribution < -0.4 is 5.32 Å². The number of hydrogen-bond acceptors (Lipinski definition) is 2. The summed E-state index contributed by atoms with van der Waals surface area (Å²) in [7, 11) is 1.91. The summed E-state index contributed by atoms with van der Waals surface area (Å²) in [6.45, 7) is 4.16. The largest absolute Gasteiger partial charge is 0.311 e. The molecule has 0 fully saturated rings. The molecule has 3 heteroatoms. The van der Waals surface area contributed by atoms with Gasteiger partial charge in [-0.1, -0.05) is 11.6 Å². The molecule has 12 heavy (non-hydrogen) atoms. The summed E-state index contributed by atoms with van der Waals surface area (Å²) in [6, 6.07) is 1.93. The molecule has 2 nitrogen and oxygen atoms in total. The average molecular weight is 185 g/mol. The van der Waals surface area contributed by atoms with Crippen molar-refractivity contribution in [2.75, 3.05) is 7.05 Å². The highest BCUT2D eigenvalue weighted by Crippen LogP contribution is 2.25. The maximum absolute atomic E-state index is 5.99. The van der Waals surface area contributed by atoms with E-state index in [1.807, 2.05) is 13.1 Å². The number of nitrogens with zero attached hydrogens (tertiary/aromatic N) is 1. The molecule has 1 heterocycles. The molecular formula is C9H13ClN2. The first-order valence-corrected chi connectivity index (χ1v) is 4.24. The summed E-state index contributed by atoms with van der Waals surface area (Å²) in [6.07, 6.45) is 3.41. The van der Waals surface area contributed by atoms with Crippen LogP contribution >= 0.6 is 11.6 Å². The van der Waals surface area contributed by atoms with E-state index in [0.29, 0.717) is 5.02 Å². The van der Waals surface area contributed by atoms with Crippen molar-refractivity contribution in [3.63, 3.8) is 0 Å². The number of pyridine rings is 1. The number of nitrogens with one attached hydrogen (secondary N) is 1. The van der Waals surface area contributed by atoms with Gasteiger partial charge in [0.15, 0.2) is 0 Å². The Labute approximate surface area is 78.0 Å². The first-order chi connectivity index (χ1) is 5.58. The zero-order chi connectivity index (χ0) is 9.19. The van der Waals surface area contributed by atoms with E-state index in [4.69, 9.17) is 11.6 Å². The quantitative estimate of drug-likeness (QED) is 0.762. The van der Waals surface area contributed by atoms with E-state index in [0.717, 1.165) is 5.56 Å². The van der Waals surface area contributed by atoms with Crippen LogP contribution in [-0.4, -0.2) is 12.0 Å². The summed E-state index contributed by atoms with van der Waals surface area (Å²) in [5.74, 6) is 0. The van der Waals surface area contributed by atoms with E-state index in [2.05, 4.69) is 24.1 Å². The lowest BCUT2D eigenvalue weighted by molar-refractivity contribution is 0.444. The van der Waals surface area contributed by atoms with Crippen LogP contribution in [0.2, 0.25) is 5.02 Å². The molecule has 0 amide bonds. The lowest BCUT2D eigenvalue weighted by atomic mass is 9.96. The van der Waals surface area contributed by atoms with Crippen LogP contribution in [-0.2, 0) is 5.54 Å². The second kappa shape index (κ2) is 3.42. The van der Waals surface area contributed by atoms with Crippen LogP contribution in [0.3, 0.4) is 0 Å². The summed E-state index contributed by atoms with van der Waals surface area (Å²) in [4.78, 5) is 3.93. The van der Waals surface area contributed by atoms with Crippen LogP contribution in [0, 0.1) is 0 Å². The lowest BCUT2D eigenvalue weighted by Gasteiger charge is -2.25. The second-order valence-corrected chi connectivity index (χ2v) is 3.64. The van der Waals surface area contributed by atoms with Crippen LogP contribution in [0.4, 0.5) is 0 Å². The first-order valence-electron chi connectivity index (χ1n) is 3.87. The van der Waals surface area contributed by atoms with E-state index < -0.39 is 0 Å². The molecule has 0 radical (unpaired) electrons. The Bertz CT molecular complexity index is 271. The molecule has 1 N–H and O–H groups in total. The molecule has 0 aliphatic rings. The number of hydrogen-bond donors (Lipinski definition) is 1. The Balaban J connectivity index is 3.10. The van der Waals surface area contributed by atoms with Gasteiger partial charge in [-0.2, -0.15) is 0 Å². The van der Waals surface area contributed by atoms with E-state index in [9.17, 15) is 0 Å². The Morgan fingerprint density at radius 2 is 2.17 bits per heavy atom. The van der Waals surface area contributed by atoms with Crippen molar-refractivity contribution in [1.29, 1.82) is 0 Å². The van der Waals surface area contributed by atoms with Gasteiger partial charge in [-0.05, 0) is 32.5 Å². The third-order valence-electron chi connectivity index (χ3n) is 2.07. The zero-order valence-corrected chi connectivity index (χ0v) is 8.31. The molecule has 0 unspecified atom stereocenters. The molecule has 66 valence electrons. The minimum atomic E-state index is -0.0972. The molecule has 0 aromatic carbocycles. The summed E-state index contributed by atoms with van der Waals surface area (Å²) < 4.78 is 0. The second-order valence-electron chi connectivity index (χ2n) is 3.23. The van der Waals surface area contributed by atoms with E-state index in [1.54, 1.807) is 12.4 Å². The Hall–Kier alpha value is -0.600. The van der Waals surface area contributed by atoms with Gasteiger partial charge in [0.25, 0.3) is 0 Å². The SMILES string of the molecule is CNC(C)(C)c1ccncc1Cl. The van der Waals surface area contributed by atoms with Gasteiger partial charge in [0, 0.05) is 17.9 Å². The van der Waals surface area contributed by atoms with E-state index >= 15 is 0 Å². The predicted molar refractivity (Wildman–Crippen MR) is 51.3 cm³/mol. The van der Waals surface area contributed by atoms with Gasteiger partial charge in [0.2, 0.25) is 0 Å². The lowest BCUT2D eigenvalue weighted by Crippen LogP contribution is -2.33. The van der Waals surface area contributed by atoms with Crippen molar-refractivity contribution in [3.8, 4) is 0 Å². The van der Waals surface area contributed by atoms with Gasteiger partial charge in [-0.25, -0.2) is 0 Å². The highest BCUT2D eigenvalue weighted by atomic mass is 35.5. The maximum atomic E-state index is 5.99. The highest BCUT2D eigenvalue weighted by molar-refractivity contribution is 6.31. The molecule has 1 aromatic heterocycles. The fourth-order valence-corrected chi connectivity index (χ4v) is 1.37. The third-order valence-corrected chi connectivity index (χ3v) is 2.37. The fraction of sp³-hybridized carbons (Fsp3) is 0.444. The van der Waals surface area contributed by atoms with Gasteiger partial charge >= 0.3 is 0 Å². The minimum Gasteiger partial charge on any atom is -0.311 e. The highest BCUT2D eigenvalue weighted by Gasteiger charge is 2.20.